The number of thiazole rings is 1. The fourth-order valence-corrected chi connectivity index (χ4v) is 2.79. The Kier molecular flexibility index (Phi) is 4.47. The lowest BCUT2D eigenvalue weighted by Crippen LogP contribution is -2.12. The summed E-state index contributed by atoms with van der Waals surface area (Å²) in [6, 6.07) is 5.33. The molecule has 0 saturated heterocycles. The first-order chi connectivity index (χ1) is 8.97. The first kappa shape index (κ1) is 14.3. The number of carbonyl (C=O) groups excluding carboxylic acids is 1. The maximum absolute atomic E-state index is 12.0. The normalized spacial score (nSPS) is 10.2. The number of hydrogen-bond donors (Lipinski definition) is 1. The summed E-state index contributed by atoms with van der Waals surface area (Å²) in [7, 11) is 0. The maximum Gasteiger partial charge on any atom is 0.345 e. The zero-order valence-corrected chi connectivity index (χ0v) is 13.7. The van der Waals surface area contributed by atoms with Crippen molar-refractivity contribution in [2.75, 3.05) is 5.32 Å². The smallest absolute Gasteiger partial charge is 0.298 e. The van der Waals surface area contributed by atoms with Crippen molar-refractivity contribution in [3.8, 4) is 0 Å². The van der Waals surface area contributed by atoms with Crippen molar-refractivity contribution in [3.05, 3.63) is 48.1 Å². The summed E-state index contributed by atoms with van der Waals surface area (Å²) in [6.07, 6.45) is 1.12. The van der Waals surface area contributed by atoms with Gasteiger partial charge in [-0.2, -0.15) is 0 Å². The first-order valence-electron chi connectivity index (χ1n) is 4.84. The molecule has 0 bridgehead atoms. The predicted molar refractivity (Wildman–Crippen MR) is 83.6 cm³/mol. The molecule has 2 aromatic rings. The standard InChI is InChI=1S/C10H5BrIN3O3S/c11-7-2-1-5(12)3-6(7)9(16)14-10-13-4-8(19-10)15(17)18/h1-4H,(H,13,14,16). The van der Waals surface area contributed by atoms with Crippen LogP contribution in [0.3, 0.4) is 0 Å². The van der Waals surface area contributed by atoms with E-state index in [4.69, 9.17) is 0 Å². The van der Waals surface area contributed by atoms with Crippen LogP contribution in [0.2, 0.25) is 0 Å². The Labute approximate surface area is 133 Å². The zero-order valence-electron chi connectivity index (χ0n) is 9.09. The molecule has 0 radical (unpaired) electrons. The number of nitro groups is 1. The van der Waals surface area contributed by atoms with Gasteiger partial charge in [-0.05, 0) is 68.1 Å². The first-order valence-corrected chi connectivity index (χ1v) is 7.53. The molecule has 9 heteroatoms. The number of nitrogens with one attached hydrogen (secondary N) is 1. The molecule has 0 fully saturated rings. The van der Waals surface area contributed by atoms with Gasteiger partial charge in [0, 0.05) is 8.04 Å². The van der Waals surface area contributed by atoms with Crippen LogP contribution in [-0.4, -0.2) is 15.8 Å². The second-order valence-electron chi connectivity index (χ2n) is 3.34. The molecule has 98 valence electrons. The number of aromatic nitrogens is 1. The summed E-state index contributed by atoms with van der Waals surface area (Å²) in [6.45, 7) is 0. The van der Waals surface area contributed by atoms with E-state index in [-0.39, 0.29) is 16.0 Å². The largest absolute Gasteiger partial charge is 0.345 e. The summed E-state index contributed by atoms with van der Waals surface area (Å²) >= 11 is 6.19. The van der Waals surface area contributed by atoms with E-state index in [0.717, 1.165) is 21.1 Å². The van der Waals surface area contributed by atoms with E-state index < -0.39 is 4.92 Å². The van der Waals surface area contributed by atoms with E-state index in [9.17, 15) is 14.9 Å². The van der Waals surface area contributed by atoms with Crippen LogP contribution >= 0.6 is 49.9 Å². The van der Waals surface area contributed by atoms with Crippen LogP contribution in [0.15, 0.2) is 28.9 Å². The summed E-state index contributed by atoms with van der Waals surface area (Å²) in [4.78, 5) is 25.8. The molecule has 1 aromatic carbocycles. The second kappa shape index (κ2) is 5.92. The number of nitrogens with zero attached hydrogens (tertiary/aromatic N) is 2. The average Bonchev–Trinajstić information content (AvgIpc) is 2.80. The van der Waals surface area contributed by atoms with Crippen molar-refractivity contribution in [3.63, 3.8) is 0 Å². The monoisotopic (exact) mass is 453 g/mol. The molecule has 1 aromatic heterocycles. The Morgan fingerprint density at radius 2 is 2.26 bits per heavy atom. The SMILES string of the molecule is O=C(Nc1ncc([N+](=O)[O-])s1)c1cc(I)ccc1Br. The lowest BCUT2D eigenvalue weighted by Gasteiger charge is -2.04. The third-order valence-electron chi connectivity index (χ3n) is 2.07. The highest BCUT2D eigenvalue weighted by Gasteiger charge is 2.16. The molecule has 0 aliphatic rings. The van der Waals surface area contributed by atoms with Gasteiger partial charge in [-0.1, -0.05) is 0 Å². The molecule has 0 aliphatic carbocycles. The number of carbonyl (C=O) groups is 1. The van der Waals surface area contributed by atoms with Crippen LogP contribution in [0.1, 0.15) is 10.4 Å². The average molecular weight is 454 g/mol. The minimum atomic E-state index is -0.547. The van der Waals surface area contributed by atoms with Gasteiger partial charge >= 0.3 is 5.00 Å². The Bertz CT molecular complexity index is 661. The minimum absolute atomic E-state index is 0.114. The van der Waals surface area contributed by atoms with Gasteiger partial charge in [0.1, 0.15) is 6.20 Å². The second-order valence-corrected chi connectivity index (χ2v) is 6.45. The van der Waals surface area contributed by atoms with Crippen LogP contribution < -0.4 is 5.32 Å². The van der Waals surface area contributed by atoms with Gasteiger partial charge in [0.25, 0.3) is 5.91 Å². The lowest BCUT2D eigenvalue weighted by molar-refractivity contribution is -0.380. The summed E-state index contributed by atoms with van der Waals surface area (Å²) < 4.78 is 1.56. The minimum Gasteiger partial charge on any atom is -0.298 e. The van der Waals surface area contributed by atoms with Gasteiger partial charge in [0.15, 0.2) is 5.13 Å². The van der Waals surface area contributed by atoms with Crippen molar-refractivity contribution in [1.82, 2.24) is 4.98 Å². The van der Waals surface area contributed by atoms with Gasteiger partial charge in [0.2, 0.25) is 0 Å². The van der Waals surface area contributed by atoms with Crippen LogP contribution in [0.4, 0.5) is 10.1 Å². The Hall–Kier alpha value is -1.07. The quantitative estimate of drug-likeness (QED) is 0.436. The van der Waals surface area contributed by atoms with E-state index in [1.54, 1.807) is 12.1 Å². The number of anilines is 1. The number of halogens is 2. The highest BCUT2D eigenvalue weighted by atomic mass is 127. The molecule has 0 aliphatic heterocycles. The topological polar surface area (TPSA) is 85.1 Å². The molecule has 0 saturated carbocycles. The zero-order chi connectivity index (χ0) is 14.0. The third kappa shape index (κ3) is 3.48. The molecular formula is C10H5BrIN3O3S. The van der Waals surface area contributed by atoms with E-state index in [1.807, 2.05) is 6.07 Å². The summed E-state index contributed by atoms with van der Waals surface area (Å²) in [5.41, 5.74) is 0.449. The molecule has 0 spiro atoms. The number of rotatable bonds is 3. The van der Waals surface area contributed by atoms with Gasteiger partial charge in [-0.3, -0.25) is 20.2 Å². The van der Waals surface area contributed by atoms with Gasteiger partial charge in [-0.15, -0.1) is 0 Å². The van der Waals surface area contributed by atoms with Crippen molar-refractivity contribution >= 4 is 65.9 Å². The van der Waals surface area contributed by atoms with Crippen molar-refractivity contribution in [1.29, 1.82) is 0 Å². The molecule has 1 amide bonds. The van der Waals surface area contributed by atoms with Crippen LogP contribution in [0, 0.1) is 13.7 Å². The van der Waals surface area contributed by atoms with Gasteiger partial charge in [-0.25, -0.2) is 4.98 Å². The number of benzene rings is 1. The number of hydrogen-bond acceptors (Lipinski definition) is 5. The van der Waals surface area contributed by atoms with E-state index in [1.165, 1.54) is 0 Å². The third-order valence-corrected chi connectivity index (χ3v) is 4.29. The van der Waals surface area contributed by atoms with Gasteiger partial charge in [0.05, 0.1) is 10.5 Å². The van der Waals surface area contributed by atoms with Crippen LogP contribution in [0.5, 0.6) is 0 Å². The van der Waals surface area contributed by atoms with Gasteiger partial charge < -0.3 is 0 Å². The summed E-state index contributed by atoms with van der Waals surface area (Å²) in [5, 5.41) is 13.1. The number of amides is 1. The molecule has 0 unspecified atom stereocenters. The summed E-state index contributed by atoms with van der Waals surface area (Å²) in [5.74, 6) is -0.366. The predicted octanol–water partition coefficient (Wildman–Crippen LogP) is 3.67. The molecule has 1 heterocycles. The molecule has 2 rings (SSSR count). The highest BCUT2D eigenvalue weighted by Crippen LogP contribution is 2.26. The van der Waals surface area contributed by atoms with E-state index in [0.29, 0.717) is 10.0 Å². The highest BCUT2D eigenvalue weighted by molar-refractivity contribution is 14.1. The fraction of sp³-hybridized carbons (Fsp3) is 0. The van der Waals surface area contributed by atoms with Crippen LogP contribution in [-0.2, 0) is 0 Å². The lowest BCUT2D eigenvalue weighted by atomic mass is 10.2. The van der Waals surface area contributed by atoms with Crippen molar-refractivity contribution in [2.24, 2.45) is 0 Å². The van der Waals surface area contributed by atoms with E-state index in [2.05, 4.69) is 48.8 Å². The Morgan fingerprint density at radius 1 is 1.53 bits per heavy atom. The molecule has 0 atom stereocenters. The Balaban J connectivity index is 2.20. The fourth-order valence-electron chi connectivity index (χ4n) is 1.24. The molecular weight excluding hydrogens is 449 g/mol. The van der Waals surface area contributed by atoms with Crippen molar-refractivity contribution in [2.45, 2.75) is 0 Å². The maximum atomic E-state index is 12.0. The molecule has 1 N–H and O–H groups in total. The Morgan fingerprint density at radius 3 is 2.89 bits per heavy atom. The van der Waals surface area contributed by atoms with E-state index >= 15 is 0 Å². The molecule has 6 nitrogen and oxygen atoms in total. The molecule has 19 heavy (non-hydrogen) atoms. The van der Waals surface area contributed by atoms with Crippen molar-refractivity contribution < 1.29 is 9.72 Å². The van der Waals surface area contributed by atoms with Crippen LogP contribution in [0.25, 0.3) is 0 Å².